The van der Waals surface area contributed by atoms with E-state index in [1.165, 1.54) is 0 Å². The van der Waals surface area contributed by atoms with Crippen molar-refractivity contribution in [2.45, 2.75) is 177 Å². The molecule has 0 aliphatic rings. The van der Waals surface area contributed by atoms with Gasteiger partial charge in [0.1, 0.15) is 0 Å². The van der Waals surface area contributed by atoms with Crippen molar-refractivity contribution in [1.82, 2.24) is 0 Å². The van der Waals surface area contributed by atoms with Crippen LogP contribution < -0.4 is 0 Å². The van der Waals surface area contributed by atoms with Crippen LogP contribution in [-0.4, -0.2) is 61.2 Å². The SMILES string of the molecule is CCCCP(CCCC)(CCCC)(CCCC)OC(=O)CCCC(=O)OP(CCCC)(CCCC)(CCCC)CCCC. The van der Waals surface area contributed by atoms with Gasteiger partial charge in [0.2, 0.25) is 0 Å². The summed E-state index contributed by atoms with van der Waals surface area (Å²) in [5.74, 6) is -0.0902. The van der Waals surface area contributed by atoms with E-state index in [0.717, 1.165) is 152 Å². The van der Waals surface area contributed by atoms with E-state index in [1.807, 2.05) is 0 Å². The molecule has 0 N–H and O–H groups in total. The molecule has 0 rings (SSSR count). The molecule has 0 aromatic carbocycles. The van der Waals surface area contributed by atoms with Crippen LogP contribution in [0.15, 0.2) is 0 Å². The second kappa shape index (κ2) is 23.2. The fourth-order valence-electron chi connectivity index (χ4n) is 7.22. The number of hydrogen-bond acceptors (Lipinski definition) is 4. The summed E-state index contributed by atoms with van der Waals surface area (Å²) in [6, 6.07) is 0. The fraction of sp³-hybridized carbons (Fsp3) is 0.946. The Labute approximate surface area is 270 Å². The first-order valence-electron chi connectivity index (χ1n) is 19.1. The van der Waals surface area contributed by atoms with Crippen LogP contribution in [0.5, 0.6) is 0 Å². The van der Waals surface area contributed by atoms with E-state index in [1.54, 1.807) is 0 Å². The molecule has 0 atom stereocenters. The molecule has 0 saturated heterocycles. The Balaban J connectivity index is 5.94. The van der Waals surface area contributed by atoms with E-state index in [2.05, 4.69) is 55.4 Å². The Hall–Kier alpha value is -0.200. The van der Waals surface area contributed by atoms with E-state index < -0.39 is 13.7 Å². The van der Waals surface area contributed by atoms with Gasteiger partial charge in [0, 0.05) is 0 Å². The maximum atomic E-state index is 13.7. The summed E-state index contributed by atoms with van der Waals surface area (Å²) in [6.45, 7) is 12.8. The summed E-state index contributed by atoms with van der Waals surface area (Å²) in [5, 5.41) is 0. The Bertz CT molecular complexity index is 591. The van der Waals surface area contributed by atoms with Crippen molar-refractivity contribution in [2.24, 2.45) is 0 Å². The zero-order valence-electron chi connectivity index (χ0n) is 30.6. The number of hydrogen-bond donors (Lipinski definition) is 0. The van der Waals surface area contributed by atoms with Crippen molar-refractivity contribution in [3.05, 3.63) is 0 Å². The molecular formula is C37H78O4P2. The second-order valence-electron chi connectivity index (χ2n) is 14.1. The average molecular weight is 649 g/mol. The maximum absolute atomic E-state index is 13.7. The molecule has 6 heteroatoms. The summed E-state index contributed by atoms with van der Waals surface area (Å²) < 4.78 is 13.8. The fourth-order valence-corrected chi connectivity index (χ4v) is 20.9. The van der Waals surface area contributed by atoms with Crippen LogP contribution in [-0.2, 0) is 18.6 Å². The molecule has 0 saturated carbocycles. The van der Waals surface area contributed by atoms with Gasteiger partial charge in [-0.05, 0) is 0 Å². The normalized spacial score (nSPS) is 14.0. The summed E-state index contributed by atoms with van der Waals surface area (Å²) in [7, 11) is 0. The van der Waals surface area contributed by atoms with E-state index in [-0.39, 0.29) is 11.9 Å². The first-order valence-corrected chi connectivity index (χ1v) is 24.9. The molecule has 0 aromatic heterocycles. The van der Waals surface area contributed by atoms with E-state index in [0.29, 0.717) is 19.3 Å². The second-order valence-corrected chi connectivity index (χ2v) is 25.5. The predicted octanol–water partition coefficient (Wildman–Crippen LogP) is 12.6. The molecule has 0 aliphatic heterocycles. The third-order valence-electron chi connectivity index (χ3n) is 10.1. The minimum atomic E-state index is -2.64. The number of carbonyl (C=O) groups excluding carboxylic acids is 2. The molecule has 260 valence electrons. The Kier molecular flexibility index (Phi) is 23.1. The third kappa shape index (κ3) is 15.3. The number of unbranched alkanes of at least 4 members (excludes halogenated alkanes) is 8. The van der Waals surface area contributed by atoms with Gasteiger partial charge in [0.25, 0.3) is 0 Å². The molecular weight excluding hydrogens is 570 g/mol. The number of rotatable bonds is 30. The first-order chi connectivity index (χ1) is 20.6. The standard InChI is InChI=1S/C37H78O4P2/c1-9-17-28-42(29-18-10-2,30-19-11-3,31-20-12-4)40-36(38)26-25-27-37(39)41-43(32-21-13-5,33-22-14-6,34-23-15-7)35-24-16-8/h9-35H2,1-8H3. The molecule has 0 heterocycles. The third-order valence-corrected chi connectivity index (χ3v) is 23.1. The van der Waals surface area contributed by atoms with Crippen LogP contribution in [0.3, 0.4) is 0 Å². The quantitative estimate of drug-likeness (QED) is 0.0727. The molecule has 0 aromatic rings. The predicted molar refractivity (Wildman–Crippen MR) is 198 cm³/mol. The first kappa shape index (κ1) is 42.8. The van der Waals surface area contributed by atoms with Crippen molar-refractivity contribution in [3.8, 4) is 0 Å². The van der Waals surface area contributed by atoms with Gasteiger partial charge in [-0.1, -0.05) is 0 Å². The van der Waals surface area contributed by atoms with E-state index in [9.17, 15) is 9.59 Å². The van der Waals surface area contributed by atoms with Gasteiger partial charge in [-0.3, -0.25) is 0 Å². The minimum absolute atomic E-state index is 0.0451. The van der Waals surface area contributed by atoms with Crippen LogP contribution in [0.2, 0.25) is 0 Å². The number of carbonyl (C=O) groups is 2. The summed E-state index contributed by atoms with van der Waals surface area (Å²) in [5.41, 5.74) is 0. The molecule has 0 fully saturated rings. The van der Waals surface area contributed by atoms with Gasteiger partial charge in [0.15, 0.2) is 0 Å². The average Bonchev–Trinajstić information content (AvgIpc) is 3.01. The molecule has 0 aliphatic carbocycles. The van der Waals surface area contributed by atoms with Gasteiger partial charge in [-0.15, -0.1) is 0 Å². The molecule has 0 amide bonds. The van der Waals surface area contributed by atoms with Crippen LogP contribution >= 0.6 is 13.7 Å². The molecule has 4 nitrogen and oxygen atoms in total. The molecule has 0 radical (unpaired) electrons. The van der Waals surface area contributed by atoms with Crippen molar-refractivity contribution in [1.29, 1.82) is 0 Å². The van der Waals surface area contributed by atoms with E-state index >= 15 is 0 Å². The Morgan fingerprint density at radius 2 is 0.535 bits per heavy atom. The van der Waals surface area contributed by atoms with Gasteiger partial charge >= 0.3 is 271 Å². The van der Waals surface area contributed by atoms with Crippen LogP contribution in [0.25, 0.3) is 0 Å². The summed E-state index contributed by atoms with van der Waals surface area (Å²) >= 11 is 0. The topological polar surface area (TPSA) is 52.6 Å². The Morgan fingerprint density at radius 3 is 0.698 bits per heavy atom. The van der Waals surface area contributed by atoms with Gasteiger partial charge < -0.3 is 0 Å². The zero-order chi connectivity index (χ0) is 32.6. The summed E-state index contributed by atoms with van der Waals surface area (Å²) in [4.78, 5) is 27.4. The van der Waals surface area contributed by atoms with Crippen molar-refractivity contribution in [2.75, 3.05) is 49.3 Å². The summed E-state index contributed by atoms with van der Waals surface area (Å²) in [6.07, 6.45) is 28.3. The molecule has 0 spiro atoms. The molecule has 0 unspecified atom stereocenters. The van der Waals surface area contributed by atoms with Crippen LogP contribution in [0.4, 0.5) is 0 Å². The van der Waals surface area contributed by atoms with Crippen LogP contribution in [0, 0.1) is 0 Å². The zero-order valence-corrected chi connectivity index (χ0v) is 32.4. The van der Waals surface area contributed by atoms with Crippen LogP contribution in [0.1, 0.15) is 177 Å². The van der Waals surface area contributed by atoms with Gasteiger partial charge in [-0.2, -0.15) is 0 Å². The van der Waals surface area contributed by atoms with Crippen molar-refractivity contribution >= 4 is 25.6 Å². The van der Waals surface area contributed by atoms with Crippen molar-refractivity contribution in [3.63, 3.8) is 0 Å². The van der Waals surface area contributed by atoms with Crippen molar-refractivity contribution < 1.29 is 18.6 Å². The molecule has 43 heavy (non-hydrogen) atoms. The Morgan fingerprint density at radius 1 is 0.349 bits per heavy atom. The van der Waals surface area contributed by atoms with Gasteiger partial charge in [0.05, 0.1) is 0 Å². The molecule has 0 bridgehead atoms. The van der Waals surface area contributed by atoms with Gasteiger partial charge in [-0.25, -0.2) is 0 Å². The van der Waals surface area contributed by atoms with E-state index in [4.69, 9.17) is 9.05 Å². The monoisotopic (exact) mass is 649 g/mol.